The Morgan fingerprint density at radius 3 is 1.57 bits per heavy atom. The van der Waals surface area contributed by atoms with Gasteiger partial charge in [-0.3, -0.25) is 0 Å². The van der Waals surface area contributed by atoms with Gasteiger partial charge in [0.2, 0.25) is 0 Å². The number of para-hydroxylation sites is 1. The molecule has 0 atom stereocenters. The molecule has 0 aliphatic rings. The van der Waals surface area contributed by atoms with E-state index in [1.54, 1.807) is 7.11 Å². The third kappa shape index (κ3) is 13.8. The molecule has 0 aliphatic carbocycles. The molecular formula is C45H63NO5PPdS-3. The predicted octanol–water partition coefficient (Wildman–Crippen LogP) is 12.4. The molecule has 0 saturated carbocycles. The smallest absolute Gasteiger partial charge is 0.127 e. The minimum absolute atomic E-state index is 0. The second kappa shape index (κ2) is 21.0. The van der Waals surface area contributed by atoms with Crippen molar-refractivity contribution in [2.75, 3.05) is 27.5 Å². The number of nitrogens with zero attached hydrogens (tertiary/aromatic N) is 1. The topological polar surface area (TPSA) is 89.8 Å². The van der Waals surface area contributed by atoms with Crippen LogP contribution in [0.1, 0.15) is 118 Å². The van der Waals surface area contributed by atoms with Gasteiger partial charge in [-0.15, -0.1) is 48.5 Å². The van der Waals surface area contributed by atoms with E-state index in [-0.39, 0.29) is 30.7 Å². The van der Waals surface area contributed by atoms with Crippen LogP contribution in [0.4, 0.5) is 5.69 Å². The van der Waals surface area contributed by atoms with Crippen molar-refractivity contribution in [2.24, 2.45) is 0 Å². The van der Waals surface area contributed by atoms with Gasteiger partial charge in [0, 0.05) is 37.5 Å². The Balaban J connectivity index is 0.000000596. The van der Waals surface area contributed by atoms with Crippen molar-refractivity contribution < 1.29 is 42.9 Å². The van der Waals surface area contributed by atoms with Crippen LogP contribution in [-0.4, -0.2) is 50.8 Å². The molecule has 0 aromatic heterocycles. The van der Waals surface area contributed by atoms with Gasteiger partial charge in [0.05, 0.1) is 24.3 Å². The zero-order valence-corrected chi connectivity index (χ0v) is 38.6. The number of hydrogen-bond donors (Lipinski definition) is 0. The molecule has 9 heteroatoms. The van der Waals surface area contributed by atoms with Crippen LogP contribution in [-0.2, 0) is 30.5 Å². The number of rotatable bonds is 9. The van der Waals surface area contributed by atoms with Crippen molar-refractivity contribution in [1.82, 2.24) is 0 Å². The summed E-state index contributed by atoms with van der Waals surface area (Å²) in [6.45, 7) is 28.1. The molecule has 0 unspecified atom stereocenters. The van der Waals surface area contributed by atoms with Crippen LogP contribution >= 0.6 is 7.92 Å². The van der Waals surface area contributed by atoms with E-state index in [9.17, 15) is 0 Å². The van der Waals surface area contributed by atoms with Gasteiger partial charge >= 0.3 is 0 Å². The van der Waals surface area contributed by atoms with E-state index in [2.05, 4.69) is 125 Å². The summed E-state index contributed by atoms with van der Waals surface area (Å²) in [4.78, 5) is 0. The summed E-state index contributed by atoms with van der Waals surface area (Å²) in [5.41, 5.74) is 10.0. The summed E-state index contributed by atoms with van der Waals surface area (Å²) in [5, 5.41) is 5.74. The van der Waals surface area contributed by atoms with Crippen molar-refractivity contribution in [2.45, 2.75) is 111 Å². The van der Waals surface area contributed by atoms with Crippen molar-refractivity contribution in [3.8, 4) is 33.8 Å². The van der Waals surface area contributed by atoms with Gasteiger partial charge in [0.25, 0.3) is 0 Å². The molecular weight excluding hydrogens is 804 g/mol. The fraction of sp³-hybridized carbons (Fsp3) is 0.467. The van der Waals surface area contributed by atoms with Gasteiger partial charge < -0.3 is 19.3 Å². The third-order valence-corrected chi connectivity index (χ3v) is 12.2. The summed E-state index contributed by atoms with van der Waals surface area (Å²) >= 11 is 0. The molecule has 4 aromatic carbocycles. The first-order chi connectivity index (χ1) is 24.5. The summed E-state index contributed by atoms with van der Waals surface area (Å²) in [6.07, 6.45) is 0.604. The first-order valence-electron chi connectivity index (χ1n) is 18.3. The molecule has 0 spiro atoms. The molecule has 0 fully saturated rings. The van der Waals surface area contributed by atoms with E-state index in [1.807, 2.05) is 56.6 Å². The van der Waals surface area contributed by atoms with Gasteiger partial charge in [-0.25, -0.2) is 8.42 Å². The molecule has 4 aromatic rings. The fourth-order valence-corrected chi connectivity index (χ4v) is 10.9. The quantitative estimate of drug-likeness (QED) is 0.0723. The average molecular weight is 867 g/mol. The molecule has 0 radical (unpaired) electrons. The monoisotopic (exact) mass is 866 g/mol. The molecule has 302 valence electrons. The minimum Gasteiger partial charge on any atom is -0.748 e. The van der Waals surface area contributed by atoms with Crippen molar-refractivity contribution in [3.63, 3.8) is 0 Å². The molecule has 4 rings (SSSR count). The van der Waals surface area contributed by atoms with Crippen LogP contribution < -0.4 is 14.8 Å². The number of benzene rings is 4. The largest absolute Gasteiger partial charge is 0.748 e. The van der Waals surface area contributed by atoms with Gasteiger partial charge in [-0.2, -0.15) is 5.69 Å². The molecule has 0 amide bonds. The van der Waals surface area contributed by atoms with E-state index < -0.39 is 18.0 Å². The second-order valence-electron chi connectivity index (χ2n) is 16.1. The molecule has 0 N–H and O–H groups in total. The molecule has 0 aliphatic heterocycles. The van der Waals surface area contributed by atoms with Crippen LogP contribution in [0.25, 0.3) is 27.6 Å². The van der Waals surface area contributed by atoms with Crippen molar-refractivity contribution in [1.29, 1.82) is 0 Å². The van der Waals surface area contributed by atoms with Crippen molar-refractivity contribution in [3.05, 3.63) is 101 Å². The number of methoxy groups -OCH3 is 2. The zero-order chi connectivity index (χ0) is 40.5. The Morgan fingerprint density at radius 1 is 0.722 bits per heavy atom. The van der Waals surface area contributed by atoms with Gasteiger partial charge in [0.15, 0.2) is 0 Å². The molecule has 0 bridgehead atoms. The van der Waals surface area contributed by atoms with Gasteiger partial charge in [-0.05, 0) is 62.5 Å². The molecule has 0 saturated heterocycles. The van der Waals surface area contributed by atoms with E-state index >= 15 is 0 Å². The average Bonchev–Trinajstić information content (AvgIpc) is 3.06. The second-order valence-corrected chi connectivity index (χ2v) is 21.3. The number of ether oxygens (including phenoxy) is 2. The Kier molecular flexibility index (Phi) is 19.2. The van der Waals surface area contributed by atoms with E-state index in [0.717, 1.165) is 28.3 Å². The summed E-state index contributed by atoms with van der Waals surface area (Å²) in [6, 6.07) is 28.3. The summed E-state index contributed by atoms with van der Waals surface area (Å²) < 4.78 is 39.4. The van der Waals surface area contributed by atoms with E-state index in [0.29, 0.717) is 24.0 Å². The van der Waals surface area contributed by atoms with Crippen LogP contribution in [0.5, 0.6) is 11.5 Å². The van der Waals surface area contributed by atoms with Crippen molar-refractivity contribution >= 4 is 29.0 Å². The molecule has 0 heterocycles. The van der Waals surface area contributed by atoms with Gasteiger partial charge in [-0.1, -0.05) is 127 Å². The fourth-order valence-electron chi connectivity index (χ4n) is 6.73. The summed E-state index contributed by atoms with van der Waals surface area (Å²) in [7, 11) is 0.883. The summed E-state index contributed by atoms with van der Waals surface area (Å²) in [5.74, 6) is 3.19. The minimum atomic E-state index is -3.92. The third-order valence-electron chi connectivity index (χ3n) is 8.63. The standard InChI is InChI=1S/C31H49O2P.C13H11N.CH4O3S.Pd/c1-19(2)22-17-23(20(3)4)27(24(18-22)21(5)6)28-25(32-13)15-16-26(33-14)29(28)34(30(7,8)9)31(10,11)12;1-14-13-10-6-5-9-12(13)11-7-3-2-4-8-11;1-5(2,3)4;/h15-21H,1-14H3;2-7,9-10H,1H3;1H3,(H,2,3,4);/q;-2;;/p-1. The maximum Gasteiger partial charge on any atom is 0.127 e. The molecule has 6 nitrogen and oxygen atoms in total. The van der Waals surface area contributed by atoms with Crippen LogP contribution in [0.3, 0.4) is 0 Å². The first kappa shape index (κ1) is 49.3. The zero-order valence-electron chi connectivity index (χ0n) is 35.3. The Hall–Kier alpha value is -2.72. The Morgan fingerprint density at radius 2 is 1.19 bits per heavy atom. The van der Waals surface area contributed by atoms with Crippen LogP contribution in [0.2, 0.25) is 0 Å². The normalized spacial score (nSPS) is 11.7. The van der Waals surface area contributed by atoms with E-state index in [1.165, 1.54) is 33.1 Å². The Bertz CT molecular complexity index is 1830. The van der Waals surface area contributed by atoms with Crippen LogP contribution in [0.15, 0.2) is 72.8 Å². The SMILES string of the molecule is COc1ccc(OC)c(P(C(C)(C)C)C(C)(C)C)c1-c1c(C(C)C)cc(C(C)C)cc1C(C)C.CS(=O)(=O)[O-].C[N-]c1ccccc1-c1[c-]cccc1.[Pd]. The first-order valence-corrected chi connectivity index (χ1v) is 21.4. The Labute approximate surface area is 343 Å². The molecule has 54 heavy (non-hydrogen) atoms. The maximum absolute atomic E-state index is 9.08. The van der Waals surface area contributed by atoms with E-state index in [4.69, 9.17) is 22.4 Å². The van der Waals surface area contributed by atoms with Crippen LogP contribution in [0, 0.1) is 6.07 Å². The van der Waals surface area contributed by atoms with Gasteiger partial charge in [0.1, 0.15) is 11.5 Å². The maximum atomic E-state index is 9.08. The predicted molar refractivity (Wildman–Crippen MR) is 229 cm³/mol. The number of hydrogen-bond acceptors (Lipinski definition) is 5.